The van der Waals surface area contributed by atoms with Crippen molar-refractivity contribution in [2.45, 2.75) is 6.92 Å². The summed E-state index contributed by atoms with van der Waals surface area (Å²) in [5.74, 6) is -0.478. The number of carbonyl (C=O) groups excluding carboxylic acids is 1. The molecule has 0 aliphatic carbocycles. The van der Waals surface area contributed by atoms with E-state index in [0.29, 0.717) is 5.56 Å². The molecule has 0 aliphatic heterocycles. The van der Waals surface area contributed by atoms with E-state index in [9.17, 15) is 24.5 Å². The van der Waals surface area contributed by atoms with Gasteiger partial charge < -0.3 is 4.57 Å². The molecule has 0 unspecified atom stereocenters. The molecule has 1 aromatic heterocycles. The van der Waals surface area contributed by atoms with E-state index in [1.165, 1.54) is 49.1 Å². The van der Waals surface area contributed by atoms with Crippen LogP contribution in [0.5, 0.6) is 0 Å². The quantitative estimate of drug-likeness (QED) is 0.363. The van der Waals surface area contributed by atoms with Gasteiger partial charge in [0.15, 0.2) is 5.78 Å². The van der Waals surface area contributed by atoms with E-state index >= 15 is 0 Å². The predicted octanol–water partition coefficient (Wildman–Crippen LogP) is 1.20. The topological polar surface area (TPSA) is 104 Å². The fourth-order valence-corrected chi connectivity index (χ4v) is 2.17. The molecule has 1 aromatic carbocycles. The Morgan fingerprint density at radius 2 is 1.92 bits per heavy atom. The molecule has 124 valence electrons. The van der Waals surface area contributed by atoms with E-state index in [1.54, 1.807) is 6.92 Å². The van der Waals surface area contributed by atoms with Crippen LogP contribution in [0, 0.1) is 17.0 Å². The number of nitrogens with zero attached hydrogens (tertiary/aromatic N) is 3. The highest BCUT2D eigenvalue weighted by molar-refractivity contribution is 6.07. The summed E-state index contributed by atoms with van der Waals surface area (Å²) in [6.07, 6.45) is 3.76. The first kappa shape index (κ1) is 17.1. The van der Waals surface area contributed by atoms with Crippen LogP contribution in [0.3, 0.4) is 0 Å². The number of hydrogen-bond acceptors (Lipinski definition) is 5. The Labute approximate surface area is 136 Å². The first-order chi connectivity index (χ1) is 11.2. The van der Waals surface area contributed by atoms with Gasteiger partial charge in [-0.3, -0.25) is 24.3 Å². The number of rotatable bonds is 4. The molecule has 0 radical (unpaired) electrons. The van der Waals surface area contributed by atoms with Crippen molar-refractivity contribution in [2.24, 2.45) is 14.1 Å². The number of aryl methyl sites for hydroxylation is 2. The molecule has 0 bridgehead atoms. The molecule has 0 fully saturated rings. The molecule has 2 aromatic rings. The minimum Gasteiger partial charge on any atom is -0.303 e. The van der Waals surface area contributed by atoms with Gasteiger partial charge in [-0.1, -0.05) is 12.1 Å². The zero-order valence-electron chi connectivity index (χ0n) is 13.3. The molecule has 8 nitrogen and oxygen atoms in total. The van der Waals surface area contributed by atoms with Gasteiger partial charge in [-0.05, 0) is 19.1 Å². The smallest absolute Gasteiger partial charge is 0.303 e. The summed E-state index contributed by atoms with van der Waals surface area (Å²) in [4.78, 5) is 46.1. The molecule has 24 heavy (non-hydrogen) atoms. The van der Waals surface area contributed by atoms with Gasteiger partial charge in [0, 0.05) is 37.5 Å². The average Bonchev–Trinajstić information content (AvgIpc) is 2.54. The van der Waals surface area contributed by atoms with Crippen molar-refractivity contribution in [3.8, 4) is 0 Å². The van der Waals surface area contributed by atoms with Crippen LogP contribution in [0.2, 0.25) is 0 Å². The average molecular weight is 329 g/mol. The van der Waals surface area contributed by atoms with Crippen molar-refractivity contribution in [2.75, 3.05) is 0 Å². The van der Waals surface area contributed by atoms with Gasteiger partial charge in [0.25, 0.3) is 11.2 Å². The molecule has 0 amide bonds. The molecule has 1 heterocycles. The Morgan fingerprint density at radius 3 is 2.54 bits per heavy atom. The van der Waals surface area contributed by atoms with Gasteiger partial charge in [0.1, 0.15) is 0 Å². The first-order valence-electron chi connectivity index (χ1n) is 6.96. The number of benzene rings is 1. The highest BCUT2D eigenvalue weighted by atomic mass is 16.6. The molecule has 0 N–H and O–H groups in total. The SMILES string of the molecule is Cc1ccc(C(=O)/C=C/c2cn(C)c(=O)n(C)c2=O)cc1[N+](=O)[O-]. The van der Waals surface area contributed by atoms with Crippen molar-refractivity contribution < 1.29 is 9.72 Å². The second kappa shape index (κ2) is 6.45. The second-order valence-electron chi connectivity index (χ2n) is 5.30. The lowest BCUT2D eigenvalue weighted by atomic mass is 10.1. The van der Waals surface area contributed by atoms with E-state index in [0.717, 1.165) is 10.6 Å². The summed E-state index contributed by atoms with van der Waals surface area (Å²) < 4.78 is 2.16. The number of nitro benzene ring substituents is 1. The van der Waals surface area contributed by atoms with Gasteiger partial charge in [-0.2, -0.15) is 0 Å². The zero-order chi connectivity index (χ0) is 18.0. The lowest BCUT2D eigenvalue weighted by molar-refractivity contribution is -0.385. The van der Waals surface area contributed by atoms with Crippen LogP contribution < -0.4 is 11.2 Å². The van der Waals surface area contributed by atoms with Crippen molar-refractivity contribution in [1.29, 1.82) is 0 Å². The number of carbonyl (C=O) groups is 1. The van der Waals surface area contributed by atoms with E-state index < -0.39 is 22.0 Å². The van der Waals surface area contributed by atoms with Crippen LogP contribution in [0.25, 0.3) is 6.08 Å². The van der Waals surface area contributed by atoms with Gasteiger partial charge >= 0.3 is 5.69 Å². The van der Waals surface area contributed by atoms with Crippen LogP contribution in [0.1, 0.15) is 21.5 Å². The Morgan fingerprint density at radius 1 is 1.25 bits per heavy atom. The summed E-state index contributed by atoms with van der Waals surface area (Å²) in [5, 5.41) is 10.9. The first-order valence-corrected chi connectivity index (χ1v) is 6.96. The maximum Gasteiger partial charge on any atom is 0.330 e. The number of ketones is 1. The van der Waals surface area contributed by atoms with E-state index in [2.05, 4.69) is 0 Å². The number of hydrogen-bond donors (Lipinski definition) is 0. The fraction of sp³-hybridized carbons (Fsp3) is 0.188. The molecular weight excluding hydrogens is 314 g/mol. The van der Waals surface area contributed by atoms with Gasteiger partial charge in [0.2, 0.25) is 0 Å². The molecule has 0 aliphatic rings. The maximum absolute atomic E-state index is 12.2. The van der Waals surface area contributed by atoms with Crippen molar-refractivity contribution in [3.63, 3.8) is 0 Å². The molecular formula is C16H15N3O5. The summed E-state index contributed by atoms with van der Waals surface area (Å²) in [6, 6.07) is 4.17. The van der Waals surface area contributed by atoms with Crippen LogP contribution in [0.15, 0.2) is 40.1 Å². The van der Waals surface area contributed by atoms with E-state index in [-0.39, 0.29) is 16.8 Å². The van der Waals surface area contributed by atoms with Crippen molar-refractivity contribution >= 4 is 17.5 Å². The third kappa shape index (κ3) is 3.22. The second-order valence-corrected chi connectivity index (χ2v) is 5.30. The van der Waals surface area contributed by atoms with Crippen LogP contribution in [-0.2, 0) is 14.1 Å². The third-order valence-corrected chi connectivity index (χ3v) is 3.58. The van der Waals surface area contributed by atoms with Crippen LogP contribution in [0.4, 0.5) is 5.69 Å². The standard InChI is InChI=1S/C16H15N3O5/c1-10-4-5-11(8-13(10)19(23)24)14(20)7-6-12-9-17(2)16(22)18(3)15(12)21/h4-9H,1-3H3/b7-6+. The summed E-state index contributed by atoms with van der Waals surface area (Å²) in [7, 11) is 2.83. The van der Waals surface area contributed by atoms with Crippen LogP contribution in [-0.4, -0.2) is 19.8 Å². The Hall–Kier alpha value is -3.29. The predicted molar refractivity (Wildman–Crippen MR) is 88.1 cm³/mol. The molecule has 8 heteroatoms. The third-order valence-electron chi connectivity index (χ3n) is 3.58. The molecule has 2 rings (SSSR count). The molecule has 0 atom stereocenters. The van der Waals surface area contributed by atoms with E-state index in [4.69, 9.17) is 0 Å². The van der Waals surface area contributed by atoms with Crippen molar-refractivity contribution in [3.05, 3.63) is 78.1 Å². The van der Waals surface area contributed by atoms with Gasteiger partial charge in [0.05, 0.1) is 10.5 Å². The normalized spacial score (nSPS) is 11.0. The molecule has 0 spiro atoms. The summed E-state index contributed by atoms with van der Waals surface area (Å²) >= 11 is 0. The van der Waals surface area contributed by atoms with Gasteiger partial charge in [-0.25, -0.2) is 4.79 Å². The Balaban J connectivity index is 2.39. The monoisotopic (exact) mass is 329 g/mol. The Kier molecular flexibility index (Phi) is 4.59. The lowest BCUT2D eigenvalue weighted by Gasteiger charge is -2.03. The maximum atomic E-state index is 12.2. The minimum atomic E-state index is -0.557. The number of allylic oxidation sites excluding steroid dienone is 1. The van der Waals surface area contributed by atoms with Crippen LogP contribution >= 0.6 is 0 Å². The van der Waals surface area contributed by atoms with Gasteiger partial charge in [-0.15, -0.1) is 0 Å². The highest BCUT2D eigenvalue weighted by Gasteiger charge is 2.13. The number of aromatic nitrogens is 2. The Bertz CT molecular complexity index is 982. The number of nitro groups is 1. The minimum absolute atomic E-state index is 0.144. The largest absolute Gasteiger partial charge is 0.330 e. The van der Waals surface area contributed by atoms with Crippen molar-refractivity contribution in [1.82, 2.24) is 9.13 Å². The fourth-order valence-electron chi connectivity index (χ4n) is 2.17. The molecule has 0 saturated carbocycles. The molecule has 0 saturated heterocycles. The zero-order valence-corrected chi connectivity index (χ0v) is 13.3. The lowest BCUT2D eigenvalue weighted by Crippen LogP contribution is -2.37. The summed E-state index contributed by atoms with van der Waals surface area (Å²) in [5.41, 5.74) is -0.394. The summed E-state index contributed by atoms with van der Waals surface area (Å²) in [6.45, 7) is 1.58. The van der Waals surface area contributed by atoms with E-state index in [1.807, 2.05) is 0 Å². The highest BCUT2D eigenvalue weighted by Crippen LogP contribution is 2.19.